The number of benzene rings is 1. The Morgan fingerprint density at radius 3 is 2.93 bits per heavy atom. The number of carbonyl (C=O) groups excluding carboxylic acids is 1. The van der Waals surface area contributed by atoms with Crippen molar-refractivity contribution in [3.63, 3.8) is 0 Å². The quantitative estimate of drug-likeness (QED) is 0.457. The highest BCUT2D eigenvalue weighted by Gasteiger charge is 2.25. The van der Waals surface area contributed by atoms with Crippen molar-refractivity contribution in [2.75, 3.05) is 5.32 Å². The van der Waals surface area contributed by atoms with Gasteiger partial charge in [-0.25, -0.2) is 9.37 Å². The van der Waals surface area contributed by atoms with E-state index in [0.29, 0.717) is 11.7 Å². The van der Waals surface area contributed by atoms with Crippen LogP contribution in [0.15, 0.2) is 34.2 Å². The number of thiophene rings is 1. The molecular formula is C21H22FN3O2S2. The first-order valence-electron chi connectivity index (χ1n) is 9.76. The van der Waals surface area contributed by atoms with Crippen molar-refractivity contribution in [2.24, 2.45) is 0 Å². The number of hydrogen-bond donors (Lipinski definition) is 1. The number of carbonyl (C=O) groups is 1. The van der Waals surface area contributed by atoms with Crippen LogP contribution in [0.5, 0.6) is 0 Å². The van der Waals surface area contributed by atoms with Gasteiger partial charge in [-0.1, -0.05) is 30.8 Å². The Hall–Kier alpha value is -2.19. The molecule has 0 saturated heterocycles. The highest BCUT2D eigenvalue weighted by molar-refractivity contribution is 8.00. The van der Waals surface area contributed by atoms with E-state index in [2.05, 4.69) is 5.32 Å². The lowest BCUT2D eigenvalue weighted by molar-refractivity contribution is -0.115. The minimum Gasteiger partial charge on any atom is -0.323 e. The fraction of sp³-hybridized carbons (Fsp3) is 0.381. The zero-order valence-electron chi connectivity index (χ0n) is 16.3. The summed E-state index contributed by atoms with van der Waals surface area (Å²) in [6, 6.07) is 6.07. The minimum absolute atomic E-state index is 0.0135. The summed E-state index contributed by atoms with van der Waals surface area (Å²) < 4.78 is 15.5. The normalized spacial score (nSPS) is 14.2. The van der Waals surface area contributed by atoms with E-state index in [9.17, 15) is 14.0 Å². The van der Waals surface area contributed by atoms with E-state index in [1.165, 1.54) is 28.8 Å². The summed E-state index contributed by atoms with van der Waals surface area (Å²) in [6.45, 7) is 4.30. The van der Waals surface area contributed by atoms with E-state index < -0.39 is 11.1 Å². The van der Waals surface area contributed by atoms with Crippen molar-refractivity contribution in [3.8, 4) is 0 Å². The third-order valence-corrected chi connectivity index (χ3v) is 7.30. The number of aromatic nitrogens is 2. The molecule has 29 heavy (non-hydrogen) atoms. The predicted octanol–water partition coefficient (Wildman–Crippen LogP) is 4.62. The van der Waals surface area contributed by atoms with Crippen molar-refractivity contribution in [2.45, 2.75) is 56.5 Å². The van der Waals surface area contributed by atoms with Gasteiger partial charge in [0.15, 0.2) is 5.16 Å². The summed E-state index contributed by atoms with van der Waals surface area (Å²) in [5, 5.41) is 3.38. The van der Waals surface area contributed by atoms with Crippen LogP contribution in [0.25, 0.3) is 10.2 Å². The van der Waals surface area contributed by atoms with Gasteiger partial charge in [-0.05, 0) is 50.3 Å². The van der Waals surface area contributed by atoms with Crippen molar-refractivity contribution in [1.29, 1.82) is 0 Å². The van der Waals surface area contributed by atoms with Crippen LogP contribution < -0.4 is 10.9 Å². The molecule has 2 heterocycles. The molecule has 3 aromatic rings. The molecule has 1 aliphatic rings. The smallest absolute Gasteiger partial charge is 0.263 e. The molecule has 1 unspecified atom stereocenters. The van der Waals surface area contributed by atoms with Crippen LogP contribution in [0.3, 0.4) is 0 Å². The fourth-order valence-corrected chi connectivity index (χ4v) is 5.81. The highest BCUT2D eigenvalue weighted by atomic mass is 32.2. The van der Waals surface area contributed by atoms with E-state index in [1.807, 2.05) is 6.92 Å². The van der Waals surface area contributed by atoms with E-state index in [1.54, 1.807) is 35.0 Å². The van der Waals surface area contributed by atoms with E-state index in [4.69, 9.17) is 4.98 Å². The van der Waals surface area contributed by atoms with Gasteiger partial charge in [0.25, 0.3) is 5.56 Å². The average molecular weight is 432 g/mol. The van der Waals surface area contributed by atoms with Gasteiger partial charge in [0.1, 0.15) is 10.6 Å². The number of anilines is 1. The Labute approximate surface area is 176 Å². The van der Waals surface area contributed by atoms with Gasteiger partial charge in [-0.2, -0.15) is 0 Å². The second kappa shape index (κ2) is 8.28. The number of thioether (sulfide) groups is 1. The summed E-state index contributed by atoms with van der Waals surface area (Å²) in [7, 11) is 0. The number of nitrogens with zero attached hydrogens (tertiary/aromatic N) is 2. The Morgan fingerprint density at radius 2 is 2.17 bits per heavy atom. The number of nitrogens with one attached hydrogen (secondary N) is 1. The molecule has 5 nitrogen and oxygen atoms in total. The number of hydrogen-bond acceptors (Lipinski definition) is 5. The van der Waals surface area contributed by atoms with E-state index >= 15 is 0 Å². The van der Waals surface area contributed by atoms with Crippen LogP contribution in [0.2, 0.25) is 0 Å². The maximum absolute atomic E-state index is 13.8. The summed E-state index contributed by atoms with van der Waals surface area (Å²) in [5.74, 6) is -0.806. The van der Waals surface area contributed by atoms with E-state index in [-0.39, 0.29) is 17.2 Å². The third-order valence-electron chi connectivity index (χ3n) is 5.02. The standard InChI is InChI=1S/C21H22FN3O2S2/c1-3-11-25-20(27)17-13-7-6-10-16(13)29-19(17)24-21(25)28-12(2)18(26)23-15-9-5-4-8-14(15)22/h4-5,8-9,12H,3,6-7,10-11H2,1-2H3,(H,23,26). The molecule has 1 aromatic carbocycles. The molecule has 0 radical (unpaired) electrons. The Morgan fingerprint density at radius 1 is 1.38 bits per heavy atom. The van der Waals surface area contributed by atoms with Crippen LogP contribution in [-0.2, 0) is 24.2 Å². The minimum atomic E-state index is -0.533. The lowest BCUT2D eigenvalue weighted by atomic mass is 10.2. The van der Waals surface area contributed by atoms with Gasteiger partial charge in [0, 0.05) is 11.4 Å². The van der Waals surface area contributed by atoms with Crippen LogP contribution in [0.1, 0.15) is 37.1 Å². The summed E-state index contributed by atoms with van der Waals surface area (Å²) >= 11 is 2.83. The number of amides is 1. The number of para-hydroxylation sites is 1. The SMILES string of the molecule is CCCn1c(SC(C)C(=O)Nc2ccccc2F)nc2sc3c(c2c1=O)CCC3. The largest absolute Gasteiger partial charge is 0.323 e. The zero-order valence-corrected chi connectivity index (χ0v) is 18.0. The molecule has 152 valence electrons. The molecule has 0 bridgehead atoms. The first kappa shape index (κ1) is 20.1. The molecule has 1 aliphatic carbocycles. The number of halogens is 1. The van der Waals surface area contributed by atoms with Crippen molar-refractivity contribution < 1.29 is 9.18 Å². The highest BCUT2D eigenvalue weighted by Crippen LogP contribution is 2.36. The fourth-order valence-electron chi connectivity index (χ4n) is 3.58. The van der Waals surface area contributed by atoms with Crippen molar-refractivity contribution >= 4 is 44.9 Å². The Bertz CT molecular complexity index is 1140. The molecule has 0 aliphatic heterocycles. The van der Waals surface area contributed by atoms with Crippen LogP contribution in [0.4, 0.5) is 10.1 Å². The van der Waals surface area contributed by atoms with Gasteiger partial charge in [-0.3, -0.25) is 14.2 Å². The first-order chi connectivity index (χ1) is 14.0. The molecule has 2 aromatic heterocycles. The summed E-state index contributed by atoms with van der Waals surface area (Å²) in [6.07, 6.45) is 3.83. The molecule has 0 saturated carbocycles. The third kappa shape index (κ3) is 3.83. The maximum atomic E-state index is 13.8. The molecule has 4 rings (SSSR count). The second-order valence-corrected chi connectivity index (χ2v) is 9.51. The Balaban J connectivity index is 1.64. The molecule has 1 N–H and O–H groups in total. The Kier molecular flexibility index (Phi) is 5.74. The number of aryl methyl sites for hydroxylation is 2. The van der Waals surface area contributed by atoms with Gasteiger partial charge >= 0.3 is 0 Å². The molecule has 8 heteroatoms. The number of fused-ring (bicyclic) bond motifs is 3. The van der Waals surface area contributed by atoms with Gasteiger partial charge < -0.3 is 5.32 Å². The first-order valence-corrected chi connectivity index (χ1v) is 11.5. The summed E-state index contributed by atoms with van der Waals surface area (Å²) in [5.41, 5.74) is 1.30. The second-order valence-electron chi connectivity index (χ2n) is 7.12. The molecule has 1 amide bonds. The van der Waals surface area contributed by atoms with Gasteiger partial charge in [0.2, 0.25) is 5.91 Å². The van der Waals surface area contributed by atoms with Crippen molar-refractivity contribution in [1.82, 2.24) is 9.55 Å². The van der Waals surface area contributed by atoms with E-state index in [0.717, 1.165) is 41.5 Å². The molecule has 1 atom stereocenters. The van der Waals surface area contributed by atoms with Crippen molar-refractivity contribution in [3.05, 3.63) is 50.9 Å². The average Bonchev–Trinajstić information content (AvgIpc) is 3.27. The van der Waals surface area contributed by atoms with Crippen LogP contribution >= 0.6 is 23.1 Å². The lowest BCUT2D eigenvalue weighted by Crippen LogP contribution is -2.27. The lowest BCUT2D eigenvalue weighted by Gasteiger charge is -2.15. The number of rotatable bonds is 6. The van der Waals surface area contributed by atoms with Gasteiger partial charge in [-0.15, -0.1) is 11.3 Å². The zero-order chi connectivity index (χ0) is 20.5. The summed E-state index contributed by atoms with van der Waals surface area (Å²) in [4.78, 5) is 32.6. The van der Waals surface area contributed by atoms with Gasteiger partial charge in [0.05, 0.1) is 16.3 Å². The topological polar surface area (TPSA) is 64.0 Å². The molecule has 0 fully saturated rings. The predicted molar refractivity (Wildman–Crippen MR) is 117 cm³/mol. The molecular weight excluding hydrogens is 409 g/mol. The molecule has 0 spiro atoms. The van der Waals surface area contributed by atoms with Crippen LogP contribution in [0, 0.1) is 5.82 Å². The monoisotopic (exact) mass is 431 g/mol. The van der Waals surface area contributed by atoms with Crippen LogP contribution in [-0.4, -0.2) is 20.7 Å². The maximum Gasteiger partial charge on any atom is 0.263 e.